The molecule has 0 amide bonds. The lowest BCUT2D eigenvalue weighted by atomic mass is 10.0. The molecule has 0 aromatic heterocycles. The number of nitrogens with two attached hydrogens (primary N) is 1. The minimum atomic E-state index is -2.81. The SMILES string of the molecule is COC(=O)c1ccc(N)c(NC2COCC2COC(F)F)c1. The number of carbonyl (C=O) groups excluding carboxylic acids is 1. The number of nitrogen functional groups attached to an aromatic ring is 1. The molecule has 0 aliphatic carbocycles. The number of methoxy groups -OCH3 is 1. The fraction of sp³-hybridized carbons (Fsp3) is 0.500. The van der Waals surface area contributed by atoms with Crippen molar-refractivity contribution in [1.82, 2.24) is 0 Å². The third-order valence-corrected chi connectivity index (χ3v) is 3.45. The molecule has 2 rings (SSSR count). The summed E-state index contributed by atoms with van der Waals surface area (Å²) >= 11 is 0. The van der Waals surface area contributed by atoms with Crippen molar-refractivity contribution in [2.75, 3.05) is 38.0 Å². The van der Waals surface area contributed by atoms with Gasteiger partial charge in [0.2, 0.25) is 0 Å². The Morgan fingerprint density at radius 3 is 2.95 bits per heavy atom. The van der Waals surface area contributed by atoms with E-state index in [-0.39, 0.29) is 18.6 Å². The van der Waals surface area contributed by atoms with E-state index in [1.807, 2.05) is 0 Å². The number of nitrogens with one attached hydrogen (secondary N) is 1. The largest absolute Gasteiger partial charge is 0.465 e. The molecule has 1 heterocycles. The second-order valence-electron chi connectivity index (χ2n) is 4.94. The Balaban J connectivity index is 2.07. The Morgan fingerprint density at radius 1 is 1.50 bits per heavy atom. The second-order valence-corrected chi connectivity index (χ2v) is 4.94. The number of halogens is 2. The average Bonchev–Trinajstić information content (AvgIpc) is 2.93. The van der Waals surface area contributed by atoms with Crippen LogP contribution in [-0.2, 0) is 14.2 Å². The molecule has 22 heavy (non-hydrogen) atoms. The van der Waals surface area contributed by atoms with Crippen molar-refractivity contribution < 1.29 is 27.8 Å². The molecule has 0 bridgehead atoms. The van der Waals surface area contributed by atoms with E-state index >= 15 is 0 Å². The minimum absolute atomic E-state index is 0.119. The molecule has 1 aromatic carbocycles. The van der Waals surface area contributed by atoms with E-state index < -0.39 is 12.6 Å². The van der Waals surface area contributed by atoms with Crippen molar-refractivity contribution in [1.29, 1.82) is 0 Å². The van der Waals surface area contributed by atoms with Crippen LogP contribution in [0, 0.1) is 5.92 Å². The van der Waals surface area contributed by atoms with E-state index in [1.165, 1.54) is 7.11 Å². The molecule has 3 N–H and O–H groups in total. The third kappa shape index (κ3) is 4.05. The van der Waals surface area contributed by atoms with Gasteiger partial charge in [-0.3, -0.25) is 0 Å². The zero-order chi connectivity index (χ0) is 16.1. The van der Waals surface area contributed by atoms with E-state index in [9.17, 15) is 13.6 Å². The molecule has 0 radical (unpaired) electrons. The van der Waals surface area contributed by atoms with E-state index in [2.05, 4.69) is 14.8 Å². The molecular formula is C14H18F2N2O4. The van der Waals surface area contributed by atoms with Crippen LogP contribution in [0.15, 0.2) is 18.2 Å². The Kier molecular flexibility index (Phi) is 5.51. The fourth-order valence-corrected chi connectivity index (χ4v) is 2.24. The highest BCUT2D eigenvalue weighted by Gasteiger charge is 2.29. The standard InChI is InChI=1S/C14H18F2N2O4/c1-20-13(19)8-2-3-10(17)11(4-8)18-12-7-21-5-9(12)6-22-14(15)16/h2-4,9,12,14,18H,5-7,17H2,1H3. The molecule has 1 fully saturated rings. The van der Waals surface area contributed by atoms with E-state index in [4.69, 9.17) is 10.5 Å². The summed E-state index contributed by atoms with van der Waals surface area (Å²) in [4.78, 5) is 11.5. The number of alkyl halides is 2. The maximum Gasteiger partial charge on any atom is 0.345 e. The van der Waals surface area contributed by atoms with Crippen LogP contribution in [0.5, 0.6) is 0 Å². The van der Waals surface area contributed by atoms with Crippen molar-refractivity contribution in [3.8, 4) is 0 Å². The van der Waals surface area contributed by atoms with E-state index in [0.29, 0.717) is 30.2 Å². The van der Waals surface area contributed by atoms with Crippen LogP contribution in [0.25, 0.3) is 0 Å². The van der Waals surface area contributed by atoms with Crippen LogP contribution in [-0.4, -0.2) is 45.6 Å². The van der Waals surface area contributed by atoms with Gasteiger partial charge in [-0.2, -0.15) is 8.78 Å². The zero-order valence-electron chi connectivity index (χ0n) is 12.1. The number of esters is 1. The van der Waals surface area contributed by atoms with Gasteiger partial charge in [-0.15, -0.1) is 0 Å². The van der Waals surface area contributed by atoms with Gasteiger partial charge in [-0.25, -0.2) is 4.79 Å². The first-order chi connectivity index (χ1) is 10.5. The van der Waals surface area contributed by atoms with E-state index in [0.717, 1.165) is 0 Å². The molecule has 6 nitrogen and oxygen atoms in total. The number of carbonyl (C=O) groups is 1. The van der Waals surface area contributed by atoms with Crippen molar-refractivity contribution in [2.24, 2.45) is 5.92 Å². The van der Waals surface area contributed by atoms with Gasteiger partial charge in [0.1, 0.15) is 0 Å². The summed E-state index contributed by atoms with van der Waals surface area (Å²) in [7, 11) is 1.29. The van der Waals surface area contributed by atoms with Crippen LogP contribution < -0.4 is 11.1 Å². The highest BCUT2D eigenvalue weighted by Crippen LogP contribution is 2.25. The predicted octanol–water partition coefficient (Wildman–Crippen LogP) is 1.72. The van der Waals surface area contributed by atoms with Crippen LogP contribution in [0.2, 0.25) is 0 Å². The maximum absolute atomic E-state index is 12.1. The predicted molar refractivity (Wildman–Crippen MR) is 75.9 cm³/mol. The number of hydrogen-bond acceptors (Lipinski definition) is 6. The van der Waals surface area contributed by atoms with Crippen LogP contribution in [0.4, 0.5) is 20.2 Å². The van der Waals surface area contributed by atoms with Gasteiger partial charge in [0.15, 0.2) is 0 Å². The van der Waals surface area contributed by atoms with Gasteiger partial charge < -0.3 is 25.3 Å². The van der Waals surface area contributed by atoms with E-state index in [1.54, 1.807) is 18.2 Å². The highest BCUT2D eigenvalue weighted by atomic mass is 19.3. The molecule has 0 saturated carbocycles. The summed E-state index contributed by atoms with van der Waals surface area (Å²) in [5.41, 5.74) is 7.18. The summed E-state index contributed by atoms with van der Waals surface area (Å²) in [5, 5.41) is 3.12. The molecule has 0 spiro atoms. The van der Waals surface area contributed by atoms with Crippen molar-refractivity contribution in [3.05, 3.63) is 23.8 Å². The molecule has 8 heteroatoms. The first-order valence-corrected chi connectivity index (χ1v) is 6.73. The second kappa shape index (κ2) is 7.37. The van der Waals surface area contributed by atoms with Crippen molar-refractivity contribution in [3.63, 3.8) is 0 Å². The summed E-state index contributed by atoms with van der Waals surface area (Å²) in [6.45, 7) is -2.26. The molecule has 122 valence electrons. The highest BCUT2D eigenvalue weighted by molar-refractivity contribution is 5.92. The van der Waals surface area contributed by atoms with Gasteiger partial charge >= 0.3 is 12.6 Å². The Bertz CT molecular complexity index is 528. The van der Waals surface area contributed by atoms with Gasteiger partial charge in [-0.1, -0.05) is 0 Å². The number of hydrogen-bond donors (Lipinski definition) is 2. The van der Waals surface area contributed by atoms with Crippen LogP contribution in [0.1, 0.15) is 10.4 Å². The quantitative estimate of drug-likeness (QED) is 0.614. The molecule has 1 aliphatic heterocycles. The Hall–Kier alpha value is -1.93. The lowest BCUT2D eigenvalue weighted by Gasteiger charge is -2.21. The lowest BCUT2D eigenvalue weighted by Crippen LogP contribution is -2.31. The molecule has 1 aliphatic rings. The van der Waals surface area contributed by atoms with Crippen molar-refractivity contribution in [2.45, 2.75) is 12.7 Å². The number of ether oxygens (including phenoxy) is 3. The monoisotopic (exact) mass is 316 g/mol. The summed E-state index contributed by atoms with van der Waals surface area (Å²) < 4.78 is 38.6. The minimum Gasteiger partial charge on any atom is -0.465 e. The first-order valence-electron chi connectivity index (χ1n) is 6.73. The molecule has 1 saturated heterocycles. The summed E-state index contributed by atoms with van der Waals surface area (Å²) in [6.07, 6.45) is 0. The maximum atomic E-state index is 12.1. The van der Waals surface area contributed by atoms with Gasteiger partial charge in [0.05, 0.1) is 49.9 Å². The van der Waals surface area contributed by atoms with Gasteiger partial charge in [-0.05, 0) is 18.2 Å². The zero-order valence-corrected chi connectivity index (χ0v) is 12.1. The molecule has 2 atom stereocenters. The number of anilines is 2. The third-order valence-electron chi connectivity index (χ3n) is 3.45. The average molecular weight is 316 g/mol. The van der Waals surface area contributed by atoms with Crippen LogP contribution >= 0.6 is 0 Å². The summed E-state index contributed by atoms with van der Waals surface area (Å²) in [6, 6.07) is 4.46. The first kappa shape index (κ1) is 16.4. The smallest absolute Gasteiger partial charge is 0.345 e. The topological polar surface area (TPSA) is 82.8 Å². The number of benzene rings is 1. The Morgan fingerprint density at radius 2 is 2.27 bits per heavy atom. The normalized spacial score (nSPS) is 21.1. The Labute approximate surface area is 126 Å². The van der Waals surface area contributed by atoms with Crippen LogP contribution in [0.3, 0.4) is 0 Å². The lowest BCUT2D eigenvalue weighted by molar-refractivity contribution is -0.138. The van der Waals surface area contributed by atoms with Gasteiger partial charge in [0, 0.05) is 5.92 Å². The summed E-state index contributed by atoms with van der Waals surface area (Å²) in [5.74, 6) is -0.710. The molecule has 1 aromatic rings. The van der Waals surface area contributed by atoms with Crippen molar-refractivity contribution >= 4 is 17.3 Å². The molecular weight excluding hydrogens is 298 g/mol. The molecule has 2 unspecified atom stereocenters. The fourth-order valence-electron chi connectivity index (χ4n) is 2.24. The van der Waals surface area contributed by atoms with Gasteiger partial charge in [0.25, 0.3) is 0 Å². The number of rotatable bonds is 6.